The molecule has 7 heteroatoms. The predicted octanol–water partition coefficient (Wildman–Crippen LogP) is 1.03. The number of ether oxygens (including phenoxy) is 1. The van der Waals surface area contributed by atoms with E-state index in [1.807, 2.05) is 24.3 Å². The normalized spacial score (nSPS) is 14.8. The number of rotatable bonds is 5. The van der Waals surface area contributed by atoms with E-state index in [0.29, 0.717) is 32.7 Å². The van der Waals surface area contributed by atoms with Crippen LogP contribution in [0.1, 0.15) is 26.3 Å². The molecule has 1 aliphatic heterocycles. The van der Waals surface area contributed by atoms with Crippen LogP contribution in [-0.4, -0.2) is 60.8 Å². The Bertz CT molecular complexity index is 662. The Labute approximate surface area is 154 Å². The summed E-state index contributed by atoms with van der Waals surface area (Å²) in [4.78, 5) is 40.1. The summed E-state index contributed by atoms with van der Waals surface area (Å²) in [7, 11) is 1.60. The molecule has 0 saturated carbocycles. The maximum atomic E-state index is 12.8. The highest BCUT2D eigenvalue weighted by Gasteiger charge is 2.40. The average Bonchev–Trinajstić information content (AvgIpc) is 2.65. The second-order valence-electron chi connectivity index (χ2n) is 6.95. The van der Waals surface area contributed by atoms with Gasteiger partial charge in [0.2, 0.25) is 17.7 Å². The van der Waals surface area contributed by atoms with Crippen LogP contribution in [0.25, 0.3) is 0 Å². The number of amides is 3. The largest absolute Gasteiger partial charge is 0.497 e. The summed E-state index contributed by atoms with van der Waals surface area (Å²) < 4.78 is 5.11. The highest BCUT2D eigenvalue weighted by Crippen LogP contribution is 2.21. The van der Waals surface area contributed by atoms with E-state index in [-0.39, 0.29) is 17.7 Å². The summed E-state index contributed by atoms with van der Waals surface area (Å²) in [5.41, 5.74) is -0.234. The zero-order valence-electron chi connectivity index (χ0n) is 15.9. The number of benzene rings is 1. The van der Waals surface area contributed by atoms with Gasteiger partial charge in [-0.25, -0.2) is 0 Å². The highest BCUT2D eigenvalue weighted by molar-refractivity contribution is 6.04. The van der Waals surface area contributed by atoms with Gasteiger partial charge in [-0.15, -0.1) is 0 Å². The lowest BCUT2D eigenvalue weighted by molar-refractivity contribution is -0.151. The van der Waals surface area contributed by atoms with Gasteiger partial charge in [0, 0.05) is 39.6 Å². The standard InChI is InChI=1S/C19H27N3O4/c1-14(23)21-9-11-22(12-10-21)18(25)19(2,3)17(24)20-13-15-5-7-16(26-4)8-6-15/h5-8H,9-13H2,1-4H3,(H,20,24). The number of carbonyl (C=O) groups excluding carboxylic acids is 3. The SMILES string of the molecule is COc1ccc(CNC(=O)C(C)(C)C(=O)N2CCN(C(C)=O)CC2)cc1. The minimum Gasteiger partial charge on any atom is -0.497 e. The van der Waals surface area contributed by atoms with Crippen LogP contribution in [-0.2, 0) is 20.9 Å². The Morgan fingerprint density at radius 3 is 2.08 bits per heavy atom. The van der Waals surface area contributed by atoms with Crippen molar-refractivity contribution in [3.8, 4) is 5.75 Å². The molecule has 0 radical (unpaired) electrons. The van der Waals surface area contributed by atoms with E-state index >= 15 is 0 Å². The van der Waals surface area contributed by atoms with Crippen molar-refractivity contribution in [2.45, 2.75) is 27.3 Å². The van der Waals surface area contributed by atoms with Gasteiger partial charge in [0.25, 0.3) is 0 Å². The van der Waals surface area contributed by atoms with E-state index in [4.69, 9.17) is 4.74 Å². The molecule has 2 rings (SSSR count). The second kappa shape index (κ2) is 8.21. The summed E-state index contributed by atoms with van der Waals surface area (Å²) in [6.07, 6.45) is 0. The molecule has 1 aliphatic rings. The average molecular weight is 361 g/mol. The van der Waals surface area contributed by atoms with E-state index < -0.39 is 5.41 Å². The van der Waals surface area contributed by atoms with Crippen LogP contribution in [0.5, 0.6) is 5.75 Å². The molecule has 142 valence electrons. The van der Waals surface area contributed by atoms with Crippen LogP contribution < -0.4 is 10.1 Å². The molecule has 0 bridgehead atoms. The number of nitrogens with zero attached hydrogens (tertiary/aromatic N) is 2. The molecule has 0 unspecified atom stereocenters. The van der Waals surface area contributed by atoms with Crippen LogP contribution in [0, 0.1) is 5.41 Å². The molecule has 1 saturated heterocycles. The fraction of sp³-hybridized carbons (Fsp3) is 0.526. The van der Waals surface area contributed by atoms with Crippen molar-refractivity contribution in [2.24, 2.45) is 5.41 Å². The molecule has 0 spiro atoms. The van der Waals surface area contributed by atoms with Crippen molar-refractivity contribution in [2.75, 3.05) is 33.3 Å². The molecule has 1 heterocycles. The van der Waals surface area contributed by atoms with Gasteiger partial charge in [0.05, 0.1) is 7.11 Å². The maximum Gasteiger partial charge on any atom is 0.237 e. The molecule has 0 aromatic heterocycles. The molecule has 1 N–H and O–H groups in total. The minimum atomic E-state index is -1.16. The molecule has 26 heavy (non-hydrogen) atoms. The quantitative estimate of drug-likeness (QED) is 0.795. The van der Waals surface area contributed by atoms with E-state index in [2.05, 4.69) is 5.32 Å². The Kier molecular flexibility index (Phi) is 6.23. The number of piperazine rings is 1. The topological polar surface area (TPSA) is 79.0 Å². The molecule has 1 aromatic carbocycles. The fourth-order valence-corrected chi connectivity index (χ4v) is 2.86. The molecular weight excluding hydrogens is 334 g/mol. The van der Waals surface area contributed by atoms with Gasteiger partial charge in [-0.1, -0.05) is 12.1 Å². The summed E-state index contributed by atoms with van der Waals surface area (Å²) >= 11 is 0. The number of methoxy groups -OCH3 is 1. The Hall–Kier alpha value is -2.57. The second-order valence-corrected chi connectivity index (χ2v) is 6.95. The summed E-state index contributed by atoms with van der Waals surface area (Å²) in [5, 5.41) is 2.83. The van der Waals surface area contributed by atoms with Gasteiger partial charge in [-0.3, -0.25) is 14.4 Å². The van der Waals surface area contributed by atoms with Gasteiger partial charge in [-0.2, -0.15) is 0 Å². The van der Waals surface area contributed by atoms with Crippen LogP contribution in [0.3, 0.4) is 0 Å². The summed E-state index contributed by atoms with van der Waals surface area (Å²) in [6.45, 7) is 7.05. The molecule has 7 nitrogen and oxygen atoms in total. The molecule has 3 amide bonds. The smallest absolute Gasteiger partial charge is 0.237 e. The summed E-state index contributed by atoms with van der Waals surface area (Å²) in [5.74, 6) is 0.231. The van der Waals surface area contributed by atoms with E-state index in [9.17, 15) is 14.4 Å². The first kappa shape index (κ1) is 19.8. The molecule has 1 fully saturated rings. The first-order valence-corrected chi connectivity index (χ1v) is 8.72. The third-order valence-corrected chi connectivity index (χ3v) is 4.73. The lowest BCUT2D eigenvalue weighted by Crippen LogP contribution is -2.56. The van der Waals surface area contributed by atoms with Gasteiger partial charge < -0.3 is 19.9 Å². The number of hydrogen-bond donors (Lipinski definition) is 1. The van der Waals surface area contributed by atoms with Crippen LogP contribution in [0.15, 0.2) is 24.3 Å². The predicted molar refractivity (Wildman–Crippen MR) is 97.5 cm³/mol. The molecular formula is C19H27N3O4. The van der Waals surface area contributed by atoms with E-state index in [1.165, 1.54) is 6.92 Å². The monoisotopic (exact) mass is 361 g/mol. The highest BCUT2D eigenvalue weighted by atomic mass is 16.5. The Balaban J connectivity index is 1.91. The lowest BCUT2D eigenvalue weighted by atomic mass is 9.90. The third-order valence-electron chi connectivity index (χ3n) is 4.73. The first-order valence-electron chi connectivity index (χ1n) is 8.72. The van der Waals surface area contributed by atoms with Gasteiger partial charge in [0.1, 0.15) is 11.2 Å². The minimum absolute atomic E-state index is 0.00796. The van der Waals surface area contributed by atoms with Crippen molar-refractivity contribution < 1.29 is 19.1 Å². The van der Waals surface area contributed by atoms with Crippen molar-refractivity contribution in [1.29, 1.82) is 0 Å². The van der Waals surface area contributed by atoms with Crippen molar-refractivity contribution in [1.82, 2.24) is 15.1 Å². The number of hydrogen-bond acceptors (Lipinski definition) is 4. The third kappa shape index (κ3) is 4.53. The van der Waals surface area contributed by atoms with Crippen molar-refractivity contribution >= 4 is 17.7 Å². The Morgan fingerprint density at radius 1 is 1.04 bits per heavy atom. The Morgan fingerprint density at radius 2 is 1.58 bits per heavy atom. The maximum absolute atomic E-state index is 12.8. The van der Waals surface area contributed by atoms with Gasteiger partial charge in [-0.05, 0) is 31.5 Å². The summed E-state index contributed by atoms with van der Waals surface area (Å²) in [6, 6.07) is 7.39. The van der Waals surface area contributed by atoms with Crippen molar-refractivity contribution in [3.05, 3.63) is 29.8 Å². The fourth-order valence-electron chi connectivity index (χ4n) is 2.86. The van der Waals surface area contributed by atoms with Crippen LogP contribution in [0.2, 0.25) is 0 Å². The molecule has 0 atom stereocenters. The zero-order chi connectivity index (χ0) is 19.3. The van der Waals surface area contributed by atoms with Crippen molar-refractivity contribution in [3.63, 3.8) is 0 Å². The van der Waals surface area contributed by atoms with Crippen LogP contribution in [0.4, 0.5) is 0 Å². The van der Waals surface area contributed by atoms with Crippen LogP contribution >= 0.6 is 0 Å². The zero-order valence-corrected chi connectivity index (χ0v) is 15.9. The first-order chi connectivity index (χ1) is 12.3. The van der Waals surface area contributed by atoms with Gasteiger partial charge in [0.15, 0.2) is 0 Å². The lowest BCUT2D eigenvalue weighted by Gasteiger charge is -2.37. The molecule has 0 aliphatic carbocycles. The molecule has 1 aromatic rings. The number of nitrogens with one attached hydrogen (secondary N) is 1. The number of carbonyl (C=O) groups is 3. The van der Waals surface area contributed by atoms with Gasteiger partial charge >= 0.3 is 0 Å². The van der Waals surface area contributed by atoms with E-state index in [1.54, 1.807) is 30.8 Å². The van der Waals surface area contributed by atoms with E-state index in [0.717, 1.165) is 11.3 Å².